The summed E-state index contributed by atoms with van der Waals surface area (Å²) in [4.78, 5) is 31.5. The second-order valence-corrected chi connectivity index (χ2v) is 7.29. The lowest BCUT2D eigenvalue weighted by molar-refractivity contribution is -0.240. The first-order chi connectivity index (χ1) is 9.47. The second kappa shape index (κ2) is 3.73. The molecule has 1 saturated heterocycles. The Bertz CT molecular complexity index is 524. The van der Waals surface area contributed by atoms with Gasteiger partial charge in [0.2, 0.25) is 0 Å². The van der Waals surface area contributed by atoms with E-state index in [1.807, 2.05) is 6.08 Å². The molecule has 3 fully saturated rings. The van der Waals surface area contributed by atoms with Gasteiger partial charge < -0.3 is 0 Å². The molecule has 2 aliphatic heterocycles. The molecular formula is C16H21NO3. The Morgan fingerprint density at radius 1 is 1.30 bits per heavy atom. The van der Waals surface area contributed by atoms with Crippen LogP contribution in [0.5, 0.6) is 0 Å². The number of carbonyl (C=O) groups is 2. The number of hydrogen-bond donors (Lipinski definition) is 0. The summed E-state index contributed by atoms with van der Waals surface area (Å²) < 4.78 is 0. The van der Waals surface area contributed by atoms with Crippen molar-refractivity contribution < 1.29 is 14.4 Å². The molecule has 0 radical (unpaired) electrons. The van der Waals surface area contributed by atoms with E-state index in [0.717, 1.165) is 19.3 Å². The quantitative estimate of drug-likeness (QED) is 0.544. The second-order valence-electron chi connectivity index (χ2n) is 7.29. The largest absolute Gasteiger partial charge is 0.298 e. The van der Waals surface area contributed by atoms with Gasteiger partial charge in [-0.3, -0.25) is 14.4 Å². The van der Waals surface area contributed by atoms with E-state index in [0.29, 0.717) is 18.8 Å². The monoisotopic (exact) mass is 275 g/mol. The van der Waals surface area contributed by atoms with Crippen molar-refractivity contribution in [1.82, 2.24) is 5.06 Å². The highest BCUT2D eigenvalue weighted by Crippen LogP contribution is 2.64. The predicted octanol–water partition coefficient (Wildman–Crippen LogP) is 2.24. The summed E-state index contributed by atoms with van der Waals surface area (Å²) in [5, 5.41) is 1.53. The minimum atomic E-state index is -0.830. The Morgan fingerprint density at radius 3 is 2.55 bits per heavy atom. The third-order valence-electron chi connectivity index (χ3n) is 6.31. The number of carbonyl (C=O) groups excluding carboxylic acids is 2. The molecule has 0 unspecified atom stereocenters. The molecule has 5 aliphatic rings. The molecule has 0 aromatic carbocycles. The molecular weight excluding hydrogens is 254 g/mol. The van der Waals surface area contributed by atoms with Crippen molar-refractivity contribution in [1.29, 1.82) is 0 Å². The van der Waals surface area contributed by atoms with Crippen LogP contribution >= 0.6 is 0 Å². The number of hydrogen-bond acceptors (Lipinski definition) is 3. The summed E-state index contributed by atoms with van der Waals surface area (Å²) >= 11 is 0. The fourth-order valence-corrected chi connectivity index (χ4v) is 4.85. The van der Waals surface area contributed by atoms with E-state index in [-0.39, 0.29) is 29.3 Å². The van der Waals surface area contributed by atoms with Crippen molar-refractivity contribution in [3.05, 3.63) is 12.2 Å². The van der Waals surface area contributed by atoms with Crippen LogP contribution in [0.4, 0.5) is 0 Å². The van der Waals surface area contributed by atoms with Gasteiger partial charge in [0.1, 0.15) is 17.3 Å². The minimum absolute atomic E-state index is 0.0113. The van der Waals surface area contributed by atoms with Crippen LogP contribution in [0.25, 0.3) is 0 Å². The summed E-state index contributed by atoms with van der Waals surface area (Å²) in [5.41, 5.74) is -1.06. The van der Waals surface area contributed by atoms with Gasteiger partial charge in [-0.15, -0.1) is 0 Å². The number of amides is 1. The smallest absolute Gasteiger partial charge is 0.260 e. The molecule has 2 saturated carbocycles. The SMILES string of the molecule is CC1(C)[C@@H]2CC[C@@]1(C(=O)N1O[C@@H]3C=C[C@H]1CC3)C(=O)C2. The lowest BCUT2D eigenvalue weighted by Crippen LogP contribution is -2.57. The van der Waals surface area contributed by atoms with Crippen molar-refractivity contribution in [2.75, 3.05) is 0 Å². The van der Waals surface area contributed by atoms with Gasteiger partial charge in [-0.25, -0.2) is 5.06 Å². The van der Waals surface area contributed by atoms with Crippen LogP contribution in [0.15, 0.2) is 12.2 Å². The predicted molar refractivity (Wildman–Crippen MR) is 72.4 cm³/mol. The first-order valence-corrected chi connectivity index (χ1v) is 7.69. The van der Waals surface area contributed by atoms with Gasteiger partial charge in [0.05, 0.1) is 6.04 Å². The van der Waals surface area contributed by atoms with Crippen LogP contribution in [0.2, 0.25) is 0 Å². The van der Waals surface area contributed by atoms with E-state index < -0.39 is 5.41 Å². The number of Topliss-reactive ketones (excluding diaryl/α,β-unsaturated/α-hetero) is 1. The van der Waals surface area contributed by atoms with Crippen LogP contribution in [0, 0.1) is 16.7 Å². The van der Waals surface area contributed by atoms with Crippen LogP contribution < -0.4 is 0 Å². The van der Waals surface area contributed by atoms with Gasteiger partial charge in [-0.1, -0.05) is 26.0 Å². The van der Waals surface area contributed by atoms with Gasteiger partial charge in [0.25, 0.3) is 5.91 Å². The molecule has 4 nitrogen and oxygen atoms in total. The molecule has 3 aliphatic carbocycles. The number of ketones is 1. The van der Waals surface area contributed by atoms with Gasteiger partial charge >= 0.3 is 0 Å². The molecule has 0 spiro atoms. The minimum Gasteiger partial charge on any atom is -0.298 e. The fourth-order valence-electron chi connectivity index (χ4n) is 4.85. The number of nitrogens with zero attached hydrogens (tertiary/aromatic N) is 1. The van der Waals surface area contributed by atoms with Crippen molar-refractivity contribution in [3.8, 4) is 0 Å². The molecule has 108 valence electrons. The highest BCUT2D eigenvalue weighted by Gasteiger charge is 2.69. The maximum absolute atomic E-state index is 13.1. The average Bonchev–Trinajstić information content (AvgIpc) is 2.82. The first kappa shape index (κ1) is 12.6. The fraction of sp³-hybridized carbons (Fsp3) is 0.750. The Hall–Kier alpha value is -1.16. The molecule has 0 aromatic heterocycles. The third-order valence-corrected chi connectivity index (χ3v) is 6.31. The average molecular weight is 275 g/mol. The number of fused-ring (bicyclic) bond motifs is 4. The van der Waals surface area contributed by atoms with E-state index in [1.54, 1.807) is 0 Å². The summed E-state index contributed by atoms with van der Waals surface area (Å²) in [6, 6.07) is 0.0186. The first-order valence-electron chi connectivity index (χ1n) is 7.69. The Kier molecular flexibility index (Phi) is 2.34. The van der Waals surface area contributed by atoms with E-state index in [4.69, 9.17) is 4.84 Å². The number of hydroxylamine groups is 2. The molecule has 20 heavy (non-hydrogen) atoms. The zero-order valence-corrected chi connectivity index (χ0v) is 12.1. The van der Waals surface area contributed by atoms with Crippen molar-refractivity contribution in [2.45, 2.75) is 58.1 Å². The Labute approximate surface area is 119 Å². The van der Waals surface area contributed by atoms with Gasteiger partial charge in [-0.05, 0) is 37.0 Å². The Morgan fingerprint density at radius 2 is 2.10 bits per heavy atom. The van der Waals surface area contributed by atoms with E-state index in [1.165, 1.54) is 5.06 Å². The molecule has 4 bridgehead atoms. The summed E-state index contributed by atoms with van der Waals surface area (Å²) in [5.74, 6) is 0.417. The lowest BCUT2D eigenvalue weighted by atomic mass is 9.68. The van der Waals surface area contributed by atoms with E-state index in [9.17, 15) is 9.59 Å². The molecule has 5 rings (SSSR count). The molecule has 0 N–H and O–H groups in total. The van der Waals surface area contributed by atoms with Crippen molar-refractivity contribution in [2.24, 2.45) is 16.7 Å². The Balaban J connectivity index is 1.72. The van der Waals surface area contributed by atoms with Crippen LogP contribution in [0.1, 0.15) is 46.0 Å². The van der Waals surface area contributed by atoms with E-state index >= 15 is 0 Å². The normalized spacial score (nSPS) is 44.4. The standard InChI is InChI=1S/C16H21NO3/c1-15(2)10-7-8-16(15,13(18)9-10)14(19)17-11-3-5-12(20-17)6-4-11/h3,5,10-12H,4,6-9H2,1-2H3/t10-,11+,12-,16+/m1/s1. The summed E-state index contributed by atoms with van der Waals surface area (Å²) in [6.45, 7) is 4.18. The molecule has 4 heteroatoms. The van der Waals surface area contributed by atoms with Gasteiger partial charge in [0, 0.05) is 6.42 Å². The maximum Gasteiger partial charge on any atom is 0.260 e. The number of rotatable bonds is 1. The van der Waals surface area contributed by atoms with Gasteiger partial charge in [-0.2, -0.15) is 0 Å². The lowest BCUT2D eigenvalue weighted by Gasteiger charge is -2.45. The van der Waals surface area contributed by atoms with Crippen molar-refractivity contribution in [3.63, 3.8) is 0 Å². The van der Waals surface area contributed by atoms with Crippen molar-refractivity contribution >= 4 is 11.7 Å². The molecule has 1 amide bonds. The highest BCUT2D eigenvalue weighted by molar-refractivity contribution is 6.09. The van der Waals surface area contributed by atoms with Crippen LogP contribution in [0.3, 0.4) is 0 Å². The third kappa shape index (κ3) is 1.26. The van der Waals surface area contributed by atoms with Crippen LogP contribution in [-0.2, 0) is 14.4 Å². The van der Waals surface area contributed by atoms with E-state index in [2.05, 4.69) is 19.9 Å². The maximum atomic E-state index is 13.1. The van der Waals surface area contributed by atoms with Crippen LogP contribution in [-0.4, -0.2) is 28.9 Å². The van der Waals surface area contributed by atoms with Gasteiger partial charge in [0.15, 0.2) is 0 Å². The molecule has 0 aromatic rings. The zero-order chi connectivity index (χ0) is 14.1. The molecule has 2 heterocycles. The summed E-state index contributed by atoms with van der Waals surface area (Å²) in [6.07, 6.45) is 8.28. The highest BCUT2D eigenvalue weighted by atomic mass is 16.7. The molecule has 4 atom stereocenters. The topological polar surface area (TPSA) is 46.6 Å². The zero-order valence-electron chi connectivity index (χ0n) is 12.1. The summed E-state index contributed by atoms with van der Waals surface area (Å²) in [7, 11) is 0.